The molecule has 1 aromatic heterocycles. The summed E-state index contributed by atoms with van der Waals surface area (Å²) in [5.41, 5.74) is 2.13. The smallest absolute Gasteiger partial charge is 0.198 e. The van der Waals surface area contributed by atoms with Crippen molar-refractivity contribution >= 4 is 11.8 Å². The molecule has 0 unspecified atom stereocenters. The second kappa shape index (κ2) is 6.17. The predicted octanol–water partition coefficient (Wildman–Crippen LogP) is 2.37. The largest absolute Gasteiger partial charge is 0.214 e. The molecule has 0 saturated carbocycles. The lowest BCUT2D eigenvalue weighted by Crippen LogP contribution is -1.99. The maximum atomic E-state index is 8.48. The molecule has 18 heavy (non-hydrogen) atoms. The number of aromatic nitrogens is 4. The number of hydrogen-bond acceptors (Lipinski definition) is 5. The predicted molar refractivity (Wildman–Crippen MR) is 69.5 cm³/mol. The van der Waals surface area contributed by atoms with Crippen LogP contribution in [0.2, 0.25) is 0 Å². The average Bonchev–Trinajstić information content (AvgIpc) is 2.83. The molecular weight excluding hydrogens is 246 g/mol. The van der Waals surface area contributed by atoms with Gasteiger partial charge in [-0.1, -0.05) is 23.9 Å². The van der Waals surface area contributed by atoms with Crippen molar-refractivity contribution in [2.45, 2.75) is 24.9 Å². The van der Waals surface area contributed by atoms with Gasteiger partial charge in [0.2, 0.25) is 5.16 Å². The van der Waals surface area contributed by atoms with Gasteiger partial charge in [-0.15, -0.1) is 5.10 Å². The lowest BCUT2D eigenvalue weighted by atomic mass is 10.2. The summed E-state index contributed by atoms with van der Waals surface area (Å²) in [5, 5.41) is 20.9. The Morgan fingerprint density at radius 1 is 1.44 bits per heavy atom. The highest BCUT2D eigenvalue weighted by Crippen LogP contribution is 2.19. The third-order valence-electron chi connectivity index (χ3n) is 2.35. The van der Waals surface area contributed by atoms with Gasteiger partial charge in [0.1, 0.15) is 0 Å². The maximum Gasteiger partial charge on any atom is 0.214 e. The molecule has 0 amide bonds. The fourth-order valence-electron chi connectivity index (χ4n) is 1.51. The molecule has 0 spiro atoms. The Hall–Kier alpha value is -1.87. The van der Waals surface area contributed by atoms with E-state index >= 15 is 0 Å². The van der Waals surface area contributed by atoms with Crippen LogP contribution in [0.4, 0.5) is 0 Å². The number of benzene rings is 1. The van der Waals surface area contributed by atoms with Crippen molar-refractivity contribution in [3.05, 3.63) is 29.8 Å². The SMILES string of the molecule is Cc1cccc(-n2nnnc2SCCCC#N)c1. The van der Waals surface area contributed by atoms with Crippen molar-refractivity contribution in [1.29, 1.82) is 5.26 Å². The molecule has 0 aliphatic heterocycles. The minimum atomic E-state index is 0.568. The Balaban J connectivity index is 2.10. The number of hydrogen-bond donors (Lipinski definition) is 0. The van der Waals surface area contributed by atoms with E-state index in [-0.39, 0.29) is 0 Å². The van der Waals surface area contributed by atoms with E-state index in [9.17, 15) is 0 Å². The molecule has 0 radical (unpaired) electrons. The van der Waals surface area contributed by atoms with Crippen LogP contribution >= 0.6 is 11.8 Å². The number of tetrazole rings is 1. The Labute approximate surface area is 110 Å². The zero-order valence-electron chi connectivity index (χ0n) is 10.1. The molecule has 5 nitrogen and oxygen atoms in total. The molecule has 0 bridgehead atoms. The summed E-state index contributed by atoms with van der Waals surface area (Å²) in [6.07, 6.45) is 1.42. The fraction of sp³-hybridized carbons (Fsp3) is 0.333. The first-order valence-corrected chi connectivity index (χ1v) is 6.65. The molecule has 6 heteroatoms. The van der Waals surface area contributed by atoms with Crippen LogP contribution in [0, 0.1) is 18.3 Å². The van der Waals surface area contributed by atoms with Gasteiger partial charge in [0.15, 0.2) is 0 Å². The summed E-state index contributed by atoms with van der Waals surface area (Å²) in [5.74, 6) is 0.847. The molecule has 0 atom stereocenters. The first kappa shape index (κ1) is 12.6. The summed E-state index contributed by atoms with van der Waals surface area (Å²) in [6.45, 7) is 2.04. The summed E-state index contributed by atoms with van der Waals surface area (Å²) in [6, 6.07) is 10.2. The van der Waals surface area contributed by atoms with Gasteiger partial charge in [-0.2, -0.15) is 9.94 Å². The number of unbranched alkanes of at least 4 members (excludes halogenated alkanes) is 1. The molecule has 0 aliphatic rings. The molecule has 2 rings (SSSR count). The minimum Gasteiger partial charge on any atom is -0.198 e. The molecule has 2 aromatic rings. The Bertz CT molecular complexity index is 558. The van der Waals surface area contributed by atoms with Crippen molar-refractivity contribution < 1.29 is 0 Å². The van der Waals surface area contributed by atoms with Crippen LogP contribution in [0.15, 0.2) is 29.4 Å². The molecule has 0 N–H and O–H groups in total. The van der Waals surface area contributed by atoms with Crippen LogP contribution in [-0.2, 0) is 0 Å². The van der Waals surface area contributed by atoms with Crippen LogP contribution in [0.5, 0.6) is 0 Å². The van der Waals surface area contributed by atoms with E-state index in [1.807, 2.05) is 31.2 Å². The van der Waals surface area contributed by atoms with Crippen LogP contribution < -0.4 is 0 Å². The fourth-order valence-corrected chi connectivity index (χ4v) is 2.34. The van der Waals surface area contributed by atoms with E-state index in [2.05, 4.69) is 21.6 Å². The van der Waals surface area contributed by atoms with Gasteiger partial charge in [-0.05, 0) is 41.5 Å². The standard InChI is InChI=1S/C12H13N5S/c1-10-5-4-6-11(9-10)17-12(14-15-16-17)18-8-3-2-7-13/h4-6,9H,2-3,8H2,1H3. The monoisotopic (exact) mass is 259 g/mol. The van der Waals surface area contributed by atoms with E-state index in [0.29, 0.717) is 6.42 Å². The van der Waals surface area contributed by atoms with Crippen molar-refractivity contribution in [2.24, 2.45) is 0 Å². The summed E-state index contributed by atoms with van der Waals surface area (Å²) >= 11 is 1.57. The molecule has 1 aromatic carbocycles. The van der Waals surface area contributed by atoms with Gasteiger partial charge in [0.05, 0.1) is 11.8 Å². The first-order chi connectivity index (χ1) is 8.81. The number of thioether (sulfide) groups is 1. The molecule has 1 heterocycles. The number of aryl methyl sites for hydroxylation is 1. The highest BCUT2D eigenvalue weighted by Gasteiger charge is 2.08. The average molecular weight is 259 g/mol. The normalized spacial score (nSPS) is 10.2. The quantitative estimate of drug-likeness (QED) is 0.609. The molecule has 0 aliphatic carbocycles. The first-order valence-electron chi connectivity index (χ1n) is 5.66. The zero-order valence-corrected chi connectivity index (χ0v) is 10.9. The zero-order chi connectivity index (χ0) is 12.8. The number of nitriles is 1. The van der Waals surface area contributed by atoms with Crippen LogP contribution in [0.3, 0.4) is 0 Å². The van der Waals surface area contributed by atoms with E-state index in [1.165, 1.54) is 5.56 Å². The van der Waals surface area contributed by atoms with Gasteiger partial charge in [-0.25, -0.2) is 0 Å². The van der Waals surface area contributed by atoms with E-state index < -0.39 is 0 Å². The van der Waals surface area contributed by atoms with Gasteiger partial charge in [0, 0.05) is 12.2 Å². The molecule has 0 saturated heterocycles. The summed E-state index contributed by atoms with van der Waals surface area (Å²) in [4.78, 5) is 0. The van der Waals surface area contributed by atoms with Gasteiger partial charge in [0.25, 0.3) is 0 Å². The van der Waals surface area contributed by atoms with Crippen molar-refractivity contribution in [3.8, 4) is 11.8 Å². The van der Waals surface area contributed by atoms with Crippen LogP contribution in [0.1, 0.15) is 18.4 Å². The van der Waals surface area contributed by atoms with E-state index in [0.717, 1.165) is 23.0 Å². The summed E-state index contributed by atoms with van der Waals surface area (Å²) < 4.78 is 1.73. The van der Waals surface area contributed by atoms with Crippen molar-refractivity contribution in [3.63, 3.8) is 0 Å². The Morgan fingerprint density at radius 2 is 2.33 bits per heavy atom. The van der Waals surface area contributed by atoms with Gasteiger partial charge < -0.3 is 0 Å². The Kier molecular flexibility index (Phi) is 4.31. The van der Waals surface area contributed by atoms with Gasteiger partial charge in [-0.3, -0.25) is 0 Å². The Morgan fingerprint density at radius 3 is 3.11 bits per heavy atom. The molecule has 0 fully saturated rings. The highest BCUT2D eigenvalue weighted by atomic mass is 32.2. The van der Waals surface area contributed by atoms with Crippen molar-refractivity contribution in [1.82, 2.24) is 20.2 Å². The van der Waals surface area contributed by atoms with E-state index in [1.54, 1.807) is 16.4 Å². The topological polar surface area (TPSA) is 67.4 Å². The summed E-state index contributed by atoms with van der Waals surface area (Å²) in [7, 11) is 0. The maximum absolute atomic E-state index is 8.48. The number of nitrogens with zero attached hydrogens (tertiary/aromatic N) is 5. The van der Waals surface area contributed by atoms with E-state index in [4.69, 9.17) is 5.26 Å². The van der Waals surface area contributed by atoms with Crippen LogP contribution in [0.25, 0.3) is 5.69 Å². The highest BCUT2D eigenvalue weighted by molar-refractivity contribution is 7.99. The second-order valence-corrected chi connectivity index (χ2v) is 4.88. The second-order valence-electron chi connectivity index (χ2n) is 3.82. The molecule has 92 valence electrons. The molecular formula is C12H13N5S. The van der Waals surface area contributed by atoms with Gasteiger partial charge >= 0.3 is 0 Å². The van der Waals surface area contributed by atoms with Crippen molar-refractivity contribution in [2.75, 3.05) is 5.75 Å². The van der Waals surface area contributed by atoms with Crippen LogP contribution in [-0.4, -0.2) is 26.0 Å². The third-order valence-corrected chi connectivity index (χ3v) is 3.36. The third kappa shape index (κ3) is 3.08. The number of rotatable bonds is 5. The lowest BCUT2D eigenvalue weighted by molar-refractivity contribution is 0.755. The minimum absolute atomic E-state index is 0.568. The lowest BCUT2D eigenvalue weighted by Gasteiger charge is -2.04.